The first-order valence-corrected chi connectivity index (χ1v) is 10.6. The summed E-state index contributed by atoms with van der Waals surface area (Å²) in [5.74, 6) is 0.683. The minimum Gasteiger partial charge on any atom is -0.383 e. The van der Waals surface area contributed by atoms with Crippen molar-refractivity contribution in [2.24, 2.45) is 0 Å². The predicted molar refractivity (Wildman–Crippen MR) is 122 cm³/mol. The molecule has 0 spiro atoms. The lowest BCUT2D eigenvalue weighted by molar-refractivity contribution is -0.115. The van der Waals surface area contributed by atoms with Crippen LogP contribution < -0.4 is 10.2 Å². The number of rotatable bonds is 9. The van der Waals surface area contributed by atoms with Gasteiger partial charge in [-0.2, -0.15) is 0 Å². The van der Waals surface area contributed by atoms with E-state index in [1.165, 1.54) is 11.8 Å². The zero-order chi connectivity index (χ0) is 21.5. The Hall–Kier alpha value is -2.84. The molecular formula is C22H27N5O2S. The number of benzene rings is 2. The van der Waals surface area contributed by atoms with E-state index in [-0.39, 0.29) is 11.2 Å². The van der Waals surface area contributed by atoms with Crippen LogP contribution in [0.1, 0.15) is 6.92 Å². The van der Waals surface area contributed by atoms with E-state index in [2.05, 4.69) is 15.5 Å². The van der Waals surface area contributed by atoms with Crippen LogP contribution in [0.2, 0.25) is 0 Å². The van der Waals surface area contributed by atoms with Gasteiger partial charge in [-0.05, 0) is 31.2 Å². The number of hydrogen-bond donors (Lipinski definition) is 1. The number of ether oxygens (including phenoxy) is 1. The number of amides is 1. The third-order valence-electron chi connectivity index (χ3n) is 4.57. The lowest BCUT2D eigenvalue weighted by atomic mass is 10.2. The molecule has 30 heavy (non-hydrogen) atoms. The summed E-state index contributed by atoms with van der Waals surface area (Å²) in [5, 5.41) is 12.0. The summed E-state index contributed by atoms with van der Waals surface area (Å²) in [5.41, 5.74) is 2.82. The number of nitrogens with zero attached hydrogens (tertiary/aromatic N) is 4. The van der Waals surface area contributed by atoms with Crippen LogP contribution in [0.3, 0.4) is 0 Å². The summed E-state index contributed by atoms with van der Waals surface area (Å²) in [4.78, 5) is 14.7. The second-order valence-electron chi connectivity index (χ2n) is 7.01. The van der Waals surface area contributed by atoms with Crippen LogP contribution in [0, 0.1) is 0 Å². The monoisotopic (exact) mass is 425 g/mol. The van der Waals surface area contributed by atoms with Crippen molar-refractivity contribution in [1.82, 2.24) is 14.8 Å². The van der Waals surface area contributed by atoms with E-state index in [0.29, 0.717) is 18.3 Å². The fourth-order valence-corrected chi connectivity index (χ4v) is 3.73. The van der Waals surface area contributed by atoms with E-state index in [9.17, 15) is 4.79 Å². The predicted octanol–water partition coefficient (Wildman–Crippen LogP) is 3.78. The zero-order valence-electron chi connectivity index (χ0n) is 17.7. The quantitative estimate of drug-likeness (QED) is 0.526. The van der Waals surface area contributed by atoms with Gasteiger partial charge in [-0.3, -0.25) is 9.36 Å². The Balaban J connectivity index is 1.72. The number of nitrogens with one attached hydrogen (secondary N) is 1. The minimum absolute atomic E-state index is 0.0832. The molecule has 8 heteroatoms. The minimum atomic E-state index is -0.340. The number of thioether (sulfide) groups is 1. The lowest BCUT2D eigenvalue weighted by Crippen LogP contribution is -2.23. The Morgan fingerprint density at radius 2 is 1.83 bits per heavy atom. The lowest BCUT2D eigenvalue weighted by Gasteiger charge is -2.15. The first-order valence-electron chi connectivity index (χ1n) is 9.72. The second-order valence-corrected chi connectivity index (χ2v) is 8.32. The molecule has 3 aromatic rings. The maximum Gasteiger partial charge on any atom is 0.237 e. The third kappa shape index (κ3) is 5.40. The summed E-state index contributed by atoms with van der Waals surface area (Å²) in [7, 11) is 5.63. The Bertz CT molecular complexity index is 957. The van der Waals surface area contributed by atoms with Gasteiger partial charge in [0.2, 0.25) is 5.91 Å². The maximum atomic E-state index is 12.7. The van der Waals surface area contributed by atoms with Crippen molar-refractivity contribution in [2.75, 3.05) is 38.0 Å². The number of methoxy groups -OCH3 is 1. The molecule has 0 bridgehead atoms. The molecule has 0 aliphatic rings. The summed E-state index contributed by atoms with van der Waals surface area (Å²) in [6, 6.07) is 17.6. The van der Waals surface area contributed by atoms with E-state index < -0.39 is 0 Å². The first-order chi connectivity index (χ1) is 14.5. The van der Waals surface area contributed by atoms with E-state index in [1.807, 2.05) is 85.1 Å². The van der Waals surface area contributed by atoms with Gasteiger partial charge in [-0.25, -0.2) is 0 Å². The molecule has 1 atom stereocenters. The van der Waals surface area contributed by atoms with E-state index in [4.69, 9.17) is 4.74 Å². The number of aromatic nitrogens is 3. The van der Waals surface area contributed by atoms with Crippen molar-refractivity contribution in [3.05, 3.63) is 54.6 Å². The molecule has 0 saturated carbocycles. The van der Waals surface area contributed by atoms with E-state index >= 15 is 0 Å². The van der Waals surface area contributed by atoms with Crippen LogP contribution in [-0.2, 0) is 16.1 Å². The van der Waals surface area contributed by atoms with Crippen LogP contribution in [-0.4, -0.2) is 53.7 Å². The molecule has 2 aromatic carbocycles. The van der Waals surface area contributed by atoms with Gasteiger partial charge in [-0.15, -0.1) is 10.2 Å². The molecule has 1 heterocycles. The normalized spacial score (nSPS) is 11.9. The van der Waals surface area contributed by atoms with Crippen LogP contribution in [0.15, 0.2) is 59.8 Å². The Labute approximate surface area is 181 Å². The van der Waals surface area contributed by atoms with Crippen LogP contribution in [0.4, 0.5) is 11.4 Å². The summed E-state index contributed by atoms with van der Waals surface area (Å²) >= 11 is 1.39. The van der Waals surface area contributed by atoms with Crippen molar-refractivity contribution >= 4 is 29.0 Å². The average molecular weight is 426 g/mol. The van der Waals surface area contributed by atoms with Crippen molar-refractivity contribution in [3.63, 3.8) is 0 Å². The molecule has 0 fully saturated rings. The molecule has 0 saturated heterocycles. The van der Waals surface area contributed by atoms with Gasteiger partial charge in [0.1, 0.15) is 0 Å². The Morgan fingerprint density at radius 3 is 2.47 bits per heavy atom. The molecule has 0 aliphatic carbocycles. The smallest absolute Gasteiger partial charge is 0.237 e. The molecule has 1 amide bonds. The average Bonchev–Trinajstić information content (AvgIpc) is 3.15. The molecule has 1 N–H and O–H groups in total. The van der Waals surface area contributed by atoms with Crippen molar-refractivity contribution in [1.29, 1.82) is 0 Å². The van der Waals surface area contributed by atoms with E-state index in [0.717, 1.165) is 22.8 Å². The molecule has 0 aliphatic heterocycles. The van der Waals surface area contributed by atoms with Crippen molar-refractivity contribution in [3.8, 4) is 11.4 Å². The summed E-state index contributed by atoms with van der Waals surface area (Å²) < 4.78 is 7.25. The van der Waals surface area contributed by atoms with Crippen molar-refractivity contribution < 1.29 is 9.53 Å². The Kier molecular flexibility index (Phi) is 7.48. The van der Waals surface area contributed by atoms with Crippen LogP contribution in [0.25, 0.3) is 11.4 Å². The molecule has 1 aromatic heterocycles. The van der Waals surface area contributed by atoms with Gasteiger partial charge in [0.15, 0.2) is 11.0 Å². The first kappa shape index (κ1) is 21.9. The molecule has 3 rings (SSSR count). The number of hydrogen-bond acceptors (Lipinski definition) is 6. The summed E-state index contributed by atoms with van der Waals surface area (Å²) in [6.45, 7) is 3.01. The molecule has 7 nitrogen and oxygen atoms in total. The fraction of sp³-hybridized carbons (Fsp3) is 0.318. The van der Waals surface area contributed by atoms with Crippen LogP contribution in [0.5, 0.6) is 0 Å². The van der Waals surface area contributed by atoms with Gasteiger partial charge in [0.05, 0.1) is 18.4 Å². The highest BCUT2D eigenvalue weighted by Gasteiger charge is 2.21. The van der Waals surface area contributed by atoms with Gasteiger partial charge >= 0.3 is 0 Å². The third-order valence-corrected chi connectivity index (χ3v) is 5.65. The highest BCUT2D eigenvalue weighted by atomic mass is 32.2. The number of carbonyl (C=O) groups excluding carboxylic acids is 1. The fourth-order valence-electron chi connectivity index (χ4n) is 2.86. The maximum absolute atomic E-state index is 12.7. The molecule has 158 valence electrons. The number of carbonyl (C=O) groups is 1. The topological polar surface area (TPSA) is 72.3 Å². The molecule has 0 radical (unpaired) electrons. The standard InChI is InChI=1S/C22H27N5O2S/c1-16(21(28)23-18-10-12-19(13-11-18)26(2)3)30-22-25-24-20(27(22)14-15-29-4)17-8-6-5-7-9-17/h5-13,16H,14-15H2,1-4H3,(H,23,28)/t16-/m0/s1. The van der Waals surface area contributed by atoms with Crippen LogP contribution >= 0.6 is 11.8 Å². The molecular weight excluding hydrogens is 398 g/mol. The van der Waals surface area contributed by atoms with Gasteiger partial charge in [-0.1, -0.05) is 42.1 Å². The largest absolute Gasteiger partial charge is 0.383 e. The van der Waals surface area contributed by atoms with E-state index in [1.54, 1.807) is 7.11 Å². The second kappa shape index (κ2) is 10.3. The number of anilines is 2. The molecule has 0 unspecified atom stereocenters. The zero-order valence-corrected chi connectivity index (χ0v) is 18.5. The van der Waals surface area contributed by atoms with Gasteiger partial charge in [0, 0.05) is 38.1 Å². The highest BCUT2D eigenvalue weighted by molar-refractivity contribution is 8.00. The SMILES string of the molecule is COCCn1c(S[C@@H](C)C(=O)Nc2ccc(N(C)C)cc2)nnc1-c1ccccc1. The van der Waals surface area contributed by atoms with Gasteiger partial charge in [0.25, 0.3) is 0 Å². The van der Waals surface area contributed by atoms with Crippen molar-refractivity contribution in [2.45, 2.75) is 23.9 Å². The Morgan fingerprint density at radius 1 is 1.13 bits per heavy atom. The van der Waals surface area contributed by atoms with Gasteiger partial charge < -0.3 is 15.0 Å². The highest BCUT2D eigenvalue weighted by Crippen LogP contribution is 2.27. The summed E-state index contributed by atoms with van der Waals surface area (Å²) in [6.07, 6.45) is 0.